The van der Waals surface area contributed by atoms with Gasteiger partial charge < -0.3 is 14.7 Å². The van der Waals surface area contributed by atoms with Gasteiger partial charge in [0.1, 0.15) is 13.6 Å². The van der Waals surface area contributed by atoms with Gasteiger partial charge in [0.25, 0.3) is 11.5 Å². The molecule has 29 heavy (non-hydrogen) atoms. The fourth-order valence-electron chi connectivity index (χ4n) is 3.08. The SMILES string of the molecule is Bc1cc(Cl)c(O)c(-c2ccc(=O)n(-c3ncc(F)c(N4CCOCC4)n3)n2)c1. The Morgan fingerprint density at radius 1 is 1.24 bits per heavy atom. The minimum atomic E-state index is -0.594. The van der Waals surface area contributed by atoms with Crippen molar-refractivity contribution in [2.45, 2.75) is 0 Å². The number of anilines is 1. The average molecular weight is 416 g/mol. The molecule has 0 aliphatic carbocycles. The van der Waals surface area contributed by atoms with Crippen molar-refractivity contribution in [3.63, 3.8) is 0 Å². The molecule has 0 atom stereocenters. The molecule has 0 spiro atoms. The monoisotopic (exact) mass is 415 g/mol. The van der Waals surface area contributed by atoms with Crippen LogP contribution in [0.2, 0.25) is 5.02 Å². The molecular weight excluding hydrogens is 399 g/mol. The van der Waals surface area contributed by atoms with E-state index in [2.05, 4.69) is 15.1 Å². The maximum Gasteiger partial charge on any atom is 0.274 e. The summed E-state index contributed by atoms with van der Waals surface area (Å²) in [5, 5.41) is 14.7. The van der Waals surface area contributed by atoms with Gasteiger partial charge in [0.2, 0.25) is 0 Å². The molecule has 0 amide bonds. The molecule has 0 bridgehead atoms. The Balaban J connectivity index is 1.80. The van der Waals surface area contributed by atoms with Crippen LogP contribution >= 0.6 is 11.6 Å². The molecule has 1 N–H and O–H groups in total. The lowest BCUT2D eigenvalue weighted by molar-refractivity contribution is 0.122. The van der Waals surface area contributed by atoms with E-state index in [-0.39, 0.29) is 22.5 Å². The zero-order valence-electron chi connectivity index (χ0n) is 15.5. The first-order valence-corrected chi connectivity index (χ1v) is 9.27. The molecule has 0 radical (unpaired) electrons. The topological polar surface area (TPSA) is 93.4 Å². The standard InChI is InChI=1S/C18H16BClFN5O3/c19-10-7-11(16(28)12(20)8-10)14-1-2-15(27)26(24-14)18-22-9-13(21)17(23-18)25-3-5-29-6-4-25/h1-2,7-9,28H,3-6,19H2. The molecule has 3 heterocycles. The third-order valence-electron chi connectivity index (χ3n) is 4.50. The van der Waals surface area contributed by atoms with Crippen molar-refractivity contribution in [3.8, 4) is 23.0 Å². The Bertz CT molecular complexity index is 1140. The largest absolute Gasteiger partial charge is 0.506 e. The van der Waals surface area contributed by atoms with Crippen LogP contribution in [0.5, 0.6) is 5.75 Å². The van der Waals surface area contributed by atoms with Gasteiger partial charge in [-0.1, -0.05) is 23.1 Å². The number of ether oxygens (including phenoxy) is 1. The fraction of sp³-hybridized carbons (Fsp3) is 0.222. The second-order valence-corrected chi connectivity index (χ2v) is 6.96. The maximum atomic E-state index is 14.3. The summed E-state index contributed by atoms with van der Waals surface area (Å²) in [4.78, 5) is 22.3. The lowest BCUT2D eigenvalue weighted by Gasteiger charge is -2.28. The van der Waals surface area contributed by atoms with Crippen LogP contribution in [-0.2, 0) is 4.74 Å². The lowest BCUT2D eigenvalue weighted by Crippen LogP contribution is -2.37. The Kier molecular flexibility index (Phi) is 5.21. The van der Waals surface area contributed by atoms with Crippen LogP contribution < -0.4 is 15.9 Å². The minimum Gasteiger partial charge on any atom is -0.506 e. The predicted molar refractivity (Wildman–Crippen MR) is 109 cm³/mol. The second kappa shape index (κ2) is 7.80. The third-order valence-corrected chi connectivity index (χ3v) is 4.79. The van der Waals surface area contributed by atoms with Gasteiger partial charge in [-0.25, -0.2) is 9.37 Å². The highest BCUT2D eigenvalue weighted by Gasteiger charge is 2.20. The van der Waals surface area contributed by atoms with Crippen molar-refractivity contribution in [2.24, 2.45) is 0 Å². The quantitative estimate of drug-likeness (QED) is 0.614. The number of aromatic hydroxyl groups is 1. The lowest BCUT2D eigenvalue weighted by atomic mass is 9.93. The highest BCUT2D eigenvalue weighted by molar-refractivity contribution is 6.37. The number of phenols is 1. The summed E-state index contributed by atoms with van der Waals surface area (Å²) >= 11 is 6.05. The molecule has 1 aliphatic rings. The molecule has 8 nitrogen and oxygen atoms in total. The molecule has 4 rings (SSSR count). The molecular formula is C18H16BClFN5O3. The molecule has 0 saturated carbocycles. The first-order chi connectivity index (χ1) is 13.9. The van der Waals surface area contributed by atoms with Gasteiger partial charge >= 0.3 is 0 Å². The van der Waals surface area contributed by atoms with Crippen LogP contribution in [0.25, 0.3) is 17.2 Å². The Morgan fingerprint density at radius 3 is 2.76 bits per heavy atom. The number of hydrogen-bond donors (Lipinski definition) is 1. The maximum absolute atomic E-state index is 14.3. The van der Waals surface area contributed by atoms with Crippen molar-refractivity contribution in [1.82, 2.24) is 19.7 Å². The van der Waals surface area contributed by atoms with E-state index in [0.29, 0.717) is 37.6 Å². The Labute approximate surface area is 171 Å². The molecule has 2 aromatic heterocycles. The summed E-state index contributed by atoms with van der Waals surface area (Å²) in [7, 11) is 1.82. The number of halogens is 2. The molecule has 11 heteroatoms. The number of aromatic nitrogens is 4. The van der Waals surface area contributed by atoms with E-state index in [1.807, 2.05) is 7.85 Å². The summed E-state index contributed by atoms with van der Waals surface area (Å²) < 4.78 is 20.5. The second-order valence-electron chi connectivity index (χ2n) is 6.55. The molecule has 3 aromatic rings. The van der Waals surface area contributed by atoms with Crippen LogP contribution in [0.4, 0.5) is 10.2 Å². The Morgan fingerprint density at radius 2 is 2.00 bits per heavy atom. The smallest absolute Gasteiger partial charge is 0.274 e. The van der Waals surface area contributed by atoms with E-state index < -0.39 is 11.4 Å². The van der Waals surface area contributed by atoms with Gasteiger partial charge in [-0.3, -0.25) is 4.79 Å². The van der Waals surface area contributed by atoms with E-state index in [1.165, 1.54) is 12.1 Å². The molecule has 1 saturated heterocycles. The summed E-state index contributed by atoms with van der Waals surface area (Å²) in [6, 6.07) is 6.06. The molecule has 0 unspecified atom stereocenters. The fourth-order valence-corrected chi connectivity index (χ4v) is 3.35. The number of phenolic OH excluding ortho intramolecular Hbond substituents is 1. The van der Waals surface area contributed by atoms with Crippen LogP contribution in [0.15, 0.2) is 35.3 Å². The van der Waals surface area contributed by atoms with Crippen molar-refractivity contribution in [1.29, 1.82) is 0 Å². The normalized spacial score (nSPS) is 14.2. The zero-order valence-corrected chi connectivity index (χ0v) is 16.2. The van der Waals surface area contributed by atoms with E-state index in [4.69, 9.17) is 16.3 Å². The number of morpholine rings is 1. The van der Waals surface area contributed by atoms with Gasteiger partial charge in [-0.05, 0) is 12.1 Å². The predicted octanol–water partition coefficient (Wildman–Crippen LogP) is 0.283. The number of rotatable bonds is 3. The van der Waals surface area contributed by atoms with E-state index in [0.717, 1.165) is 16.3 Å². The molecule has 1 aromatic carbocycles. The third kappa shape index (κ3) is 3.81. The van der Waals surface area contributed by atoms with Gasteiger partial charge in [0.05, 0.1) is 30.1 Å². The first-order valence-electron chi connectivity index (χ1n) is 8.89. The summed E-state index contributed by atoms with van der Waals surface area (Å²) in [5.74, 6) is -0.733. The Hall–Kier alpha value is -2.98. The number of nitrogens with zero attached hydrogens (tertiary/aromatic N) is 5. The van der Waals surface area contributed by atoms with Crippen molar-refractivity contribution < 1.29 is 14.2 Å². The van der Waals surface area contributed by atoms with Crippen LogP contribution in [0.1, 0.15) is 0 Å². The zero-order chi connectivity index (χ0) is 20.5. The summed E-state index contributed by atoms with van der Waals surface area (Å²) in [6.45, 7) is 1.87. The van der Waals surface area contributed by atoms with E-state index >= 15 is 0 Å². The molecule has 148 valence electrons. The van der Waals surface area contributed by atoms with Gasteiger partial charge in [0, 0.05) is 24.7 Å². The minimum absolute atomic E-state index is 0.0713. The summed E-state index contributed by atoms with van der Waals surface area (Å²) in [6.07, 6.45) is 1.01. The highest BCUT2D eigenvalue weighted by atomic mass is 35.5. The van der Waals surface area contributed by atoms with E-state index in [9.17, 15) is 14.3 Å². The van der Waals surface area contributed by atoms with Crippen molar-refractivity contribution in [2.75, 3.05) is 31.2 Å². The van der Waals surface area contributed by atoms with Gasteiger partial charge in [-0.15, -0.1) is 0 Å². The van der Waals surface area contributed by atoms with E-state index in [1.54, 1.807) is 17.0 Å². The highest BCUT2D eigenvalue weighted by Crippen LogP contribution is 2.32. The van der Waals surface area contributed by atoms with Crippen LogP contribution in [-0.4, -0.2) is 59.0 Å². The van der Waals surface area contributed by atoms with Gasteiger partial charge in [-0.2, -0.15) is 14.8 Å². The van der Waals surface area contributed by atoms with Crippen LogP contribution in [0, 0.1) is 5.82 Å². The van der Waals surface area contributed by atoms with Crippen molar-refractivity contribution >= 4 is 30.7 Å². The first kappa shape index (κ1) is 19.3. The van der Waals surface area contributed by atoms with Crippen LogP contribution in [0.3, 0.4) is 0 Å². The van der Waals surface area contributed by atoms with Crippen molar-refractivity contribution in [3.05, 3.63) is 51.7 Å². The summed E-state index contributed by atoms with van der Waals surface area (Å²) in [5.41, 5.74) is 0.981. The molecule has 1 fully saturated rings. The number of hydrogen-bond acceptors (Lipinski definition) is 7. The molecule has 1 aliphatic heterocycles. The number of benzene rings is 1. The van der Waals surface area contributed by atoms with Gasteiger partial charge in [0.15, 0.2) is 11.6 Å². The average Bonchev–Trinajstić information content (AvgIpc) is 2.72.